The zero-order valence-electron chi connectivity index (χ0n) is 11.6. The number of nitrogens with zero attached hydrogens (tertiary/aromatic N) is 2. The number of hydrogen-bond donors (Lipinski definition) is 2. The van der Waals surface area contributed by atoms with E-state index in [9.17, 15) is 9.90 Å². The van der Waals surface area contributed by atoms with E-state index in [4.69, 9.17) is 15.2 Å². The molecule has 0 atom stereocenters. The minimum atomic E-state index is -0.820. The summed E-state index contributed by atoms with van der Waals surface area (Å²) in [5, 5.41) is 11.1. The lowest BCUT2D eigenvalue weighted by atomic mass is 9.94. The van der Waals surface area contributed by atoms with Crippen molar-refractivity contribution in [2.45, 2.75) is 18.4 Å². The summed E-state index contributed by atoms with van der Waals surface area (Å²) in [5.41, 5.74) is 5.15. The van der Waals surface area contributed by atoms with Gasteiger partial charge in [0.1, 0.15) is 10.6 Å². The van der Waals surface area contributed by atoms with Gasteiger partial charge in [-0.05, 0) is 11.5 Å². The molecular weight excluding hydrogens is 282 g/mol. The molecule has 112 valence electrons. The van der Waals surface area contributed by atoms with Crippen LogP contribution in [0.15, 0.2) is 0 Å². The van der Waals surface area contributed by atoms with Crippen LogP contribution in [0, 0.1) is 0 Å². The van der Waals surface area contributed by atoms with Gasteiger partial charge in [-0.2, -0.15) is 4.37 Å². The molecule has 0 aliphatic carbocycles. The maximum atomic E-state index is 11.7. The molecule has 0 spiro atoms. The van der Waals surface area contributed by atoms with Gasteiger partial charge in [0.2, 0.25) is 0 Å². The first-order valence-electron chi connectivity index (χ1n) is 6.31. The second-order valence-corrected chi connectivity index (χ2v) is 5.68. The third-order valence-corrected chi connectivity index (χ3v) is 4.37. The van der Waals surface area contributed by atoms with Gasteiger partial charge >= 0.3 is 5.97 Å². The predicted molar refractivity (Wildman–Crippen MR) is 76.1 cm³/mol. The average Bonchev–Trinajstić information content (AvgIpc) is 2.80. The van der Waals surface area contributed by atoms with Crippen LogP contribution >= 0.6 is 11.5 Å². The number of aliphatic hydroxyl groups is 1. The Balaban J connectivity index is 2.17. The number of aromatic nitrogens is 1. The minimum Gasteiger partial charge on any atom is -0.465 e. The second-order valence-electron chi connectivity index (χ2n) is 4.93. The number of ether oxygens (including phenoxy) is 2. The summed E-state index contributed by atoms with van der Waals surface area (Å²) in [4.78, 5) is 13.5. The van der Waals surface area contributed by atoms with E-state index >= 15 is 0 Å². The van der Waals surface area contributed by atoms with Gasteiger partial charge in [-0.1, -0.05) is 0 Å². The molecule has 1 fully saturated rings. The molecule has 2 heterocycles. The van der Waals surface area contributed by atoms with E-state index in [1.165, 1.54) is 7.11 Å². The third-order valence-electron chi connectivity index (χ3n) is 3.39. The van der Waals surface area contributed by atoms with Gasteiger partial charge < -0.3 is 25.2 Å². The molecule has 3 N–H and O–H groups in total. The largest absolute Gasteiger partial charge is 0.465 e. The number of methoxy groups -OCH3 is 1. The van der Waals surface area contributed by atoms with Crippen LogP contribution in [0.5, 0.6) is 0 Å². The Labute approximate surface area is 121 Å². The van der Waals surface area contributed by atoms with Gasteiger partial charge in [-0.3, -0.25) is 0 Å². The summed E-state index contributed by atoms with van der Waals surface area (Å²) >= 11 is 1.12. The molecule has 0 saturated carbocycles. The lowest BCUT2D eigenvalue weighted by Gasteiger charge is -2.35. The number of carbonyl (C=O) groups excluding carboxylic acids is 1. The molecule has 1 aromatic heterocycles. The molecular formula is C12H19N3O4S. The fraction of sp³-hybridized carbons (Fsp3) is 0.667. The lowest BCUT2D eigenvalue weighted by Crippen LogP contribution is -2.45. The van der Waals surface area contributed by atoms with Crippen molar-refractivity contribution in [2.24, 2.45) is 0 Å². The first-order valence-corrected chi connectivity index (χ1v) is 7.09. The summed E-state index contributed by atoms with van der Waals surface area (Å²) in [6.45, 7) is 1.47. The monoisotopic (exact) mass is 301 g/mol. The van der Waals surface area contributed by atoms with Crippen LogP contribution in [0.25, 0.3) is 0 Å². The average molecular weight is 301 g/mol. The van der Waals surface area contributed by atoms with Crippen LogP contribution in [0.3, 0.4) is 0 Å². The zero-order chi connectivity index (χ0) is 14.8. The molecule has 0 radical (unpaired) electrons. The Morgan fingerprint density at radius 1 is 1.60 bits per heavy atom. The van der Waals surface area contributed by atoms with Gasteiger partial charge in [0.25, 0.3) is 0 Å². The minimum absolute atomic E-state index is 0.155. The molecule has 2 rings (SSSR count). The molecule has 1 aliphatic heterocycles. The number of likely N-dealkylation sites (N-methyl/N-ethyl adjacent to an activating group) is 1. The highest BCUT2D eigenvalue weighted by Crippen LogP contribution is 2.32. The van der Waals surface area contributed by atoms with Crippen LogP contribution in [0.2, 0.25) is 0 Å². The molecule has 0 amide bonds. The zero-order valence-corrected chi connectivity index (χ0v) is 12.4. The Morgan fingerprint density at radius 3 is 2.85 bits per heavy atom. The summed E-state index contributed by atoms with van der Waals surface area (Å²) < 4.78 is 14.0. The fourth-order valence-electron chi connectivity index (χ4n) is 2.27. The summed E-state index contributed by atoms with van der Waals surface area (Å²) in [6.07, 6.45) is 1.14. The van der Waals surface area contributed by atoms with Crippen molar-refractivity contribution in [1.82, 2.24) is 4.37 Å². The maximum Gasteiger partial charge on any atom is 0.344 e. The van der Waals surface area contributed by atoms with Crippen molar-refractivity contribution >= 4 is 28.3 Å². The van der Waals surface area contributed by atoms with Crippen molar-refractivity contribution in [1.29, 1.82) is 0 Å². The van der Waals surface area contributed by atoms with E-state index in [1.54, 1.807) is 11.9 Å². The molecule has 7 nitrogen and oxygen atoms in total. The van der Waals surface area contributed by atoms with Gasteiger partial charge in [-0.15, -0.1) is 0 Å². The molecule has 0 aromatic carbocycles. The summed E-state index contributed by atoms with van der Waals surface area (Å²) in [6, 6.07) is 0. The number of hydrogen-bond acceptors (Lipinski definition) is 8. The smallest absolute Gasteiger partial charge is 0.344 e. The van der Waals surface area contributed by atoms with E-state index in [1.807, 2.05) is 0 Å². The first-order chi connectivity index (χ1) is 9.47. The van der Waals surface area contributed by atoms with Gasteiger partial charge in [0, 0.05) is 39.6 Å². The maximum absolute atomic E-state index is 11.7. The molecule has 0 unspecified atom stereocenters. The number of nitrogens with two attached hydrogens (primary N) is 1. The topological polar surface area (TPSA) is 97.9 Å². The lowest BCUT2D eigenvalue weighted by molar-refractivity contribution is -0.0572. The molecule has 1 aromatic rings. The first kappa shape index (κ1) is 15.0. The number of rotatable bonds is 4. The van der Waals surface area contributed by atoms with Crippen LogP contribution in [0.1, 0.15) is 23.2 Å². The van der Waals surface area contributed by atoms with E-state index in [0.717, 1.165) is 11.5 Å². The summed E-state index contributed by atoms with van der Waals surface area (Å²) in [7, 11) is 3.10. The van der Waals surface area contributed by atoms with E-state index < -0.39 is 11.6 Å². The molecule has 1 aliphatic rings. The van der Waals surface area contributed by atoms with E-state index in [0.29, 0.717) is 37.6 Å². The van der Waals surface area contributed by atoms with Crippen molar-refractivity contribution in [2.75, 3.05) is 44.5 Å². The highest BCUT2D eigenvalue weighted by Gasteiger charge is 2.33. The third kappa shape index (κ3) is 3.02. The van der Waals surface area contributed by atoms with Crippen molar-refractivity contribution < 1.29 is 19.4 Å². The summed E-state index contributed by atoms with van der Waals surface area (Å²) in [5.74, 6) is -0.361. The van der Waals surface area contributed by atoms with E-state index in [-0.39, 0.29) is 11.4 Å². The quantitative estimate of drug-likeness (QED) is 0.781. The highest BCUT2D eigenvalue weighted by atomic mass is 32.1. The van der Waals surface area contributed by atoms with Crippen LogP contribution in [-0.2, 0) is 9.47 Å². The molecule has 0 bridgehead atoms. The predicted octanol–water partition coefficient (Wildman–Crippen LogP) is 0.490. The normalized spacial score (nSPS) is 17.8. The van der Waals surface area contributed by atoms with Crippen LogP contribution in [-0.4, -0.2) is 55.0 Å². The number of anilines is 2. The van der Waals surface area contributed by atoms with Gasteiger partial charge in [0.05, 0.1) is 12.7 Å². The van der Waals surface area contributed by atoms with Crippen LogP contribution in [0.4, 0.5) is 10.8 Å². The molecule has 8 heteroatoms. The van der Waals surface area contributed by atoms with Crippen molar-refractivity contribution in [3.8, 4) is 0 Å². The number of carbonyl (C=O) groups is 1. The number of esters is 1. The van der Waals surface area contributed by atoms with Gasteiger partial charge in [0.15, 0.2) is 5.82 Å². The van der Waals surface area contributed by atoms with Crippen molar-refractivity contribution in [3.63, 3.8) is 0 Å². The molecule has 20 heavy (non-hydrogen) atoms. The standard InChI is InChI=1S/C12H19N3O4S/c1-15(7-12(17)3-5-19-6-4-12)10-8(11(16)18-2)9(13)14-20-10/h17H,3-7H2,1-2H3,(H2,13,14). The molecule has 1 saturated heterocycles. The van der Waals surface area contributed by atoms with Gasteiger partial charge in [-0.25, -0.2) is 4.79 Å². The Kier molecular flexibility index (Phi) is 4.46. The van der Waals surface area contributed by atoms with Crippen molar-refractivity contribution in [3.05, 3.63) is 5.56 Å². The number of nitrogen functional groups attached to an aromatic ring is 1. The second kappa shape index (κ2) is 5.94. The Bertz CT molecular complexity index is 485. The Hall–Kier alpha value is -1.38. The van der Waals surface area contributed by atoms with Crippen LogP contribution < -0.4 is 10.6 Å². The van der Waals surface area contributed by atoms with E-state index in [2.05, 4.69) is 4.37 Å². The Morgan fingerprint density at radius 2 is 2.25 bits per heavy atom. The SMILES string of the molecule is COC(=O)c1c(N)nsc1N(C)CC1(O)CCOCC1. The highest BCUT2D eigenvalue weighted by molar-refractivity contribution is 7.11. The fourth-order valence-corrected chi connectivity index (χ4v) is 3.03.